The summed E-state index contributed by atoms with van der Waals surface area (Å²) < 4.78 is 0. The van der Waals surface area contributed by atoms with E-state index in [4.69, 9.17) is 0 Å². The molecular formula is C12H22N4O2. The van der Waals surface area contributed by atoms with Crippen molar-refractivity contribution in [1.29, 1.82) is 0 Å². The van der Waals surface area contributed by atoms with Crippen molar-refractivity contribution in [1.82, 2.24) is 21.1 Å². The van der Waals surface area contributed by atoms with Crippen LogP contribution in [0.4, 0.5) is 0 Å². The van der Waals surface area contributed by atoms with Crippen LogP contribution in [0.1, 0.15) is 20.8 Å². The molecule has 0 aromatic carbocycles. The summed E-state index contributed by atoms with van der Waals surface area (Å²) in [5.41, 5.74) is 4.77. The number of rotatable bonds is 2. The van der Waals surface area contributed by atoms with Gasteiger partial charge in [-0.25, -0.2) is 0 Å². The molecule has 2 rings (SSSR count). The topological polar surface area (TPSA) is 73.5 Å². The molecule has 2 aliphatic heterocycles. The minimum Gasteiger partial charge on any atom is -0.316 e. The first-order chi connectivity index (χ1) is 8.41. The molecule has 2 fully saturated rings. The molecule has 6 nitrogen and oxygen atoms in total. The van der Waals surface area contributed by atoms with Crippen LogP contribution in [0.5, 0.6) is 0 Å². The van der Waals surface area contributed by atoms with E-state index in [-0.39, 0.29) is 17.4 Å². The first-order valence-corrected chi connectivity index (χ1v) is 6.42. The van der Waals surface area contributed by atoms with E-state index in [0.717, 1.165) is 19.6 Å². The molecule has 18 heavy (non-hydrogen) atoms. The van der Waals surface area contributed by atoms with E-state index in [1.54, 1.807) is 0 Å². The van der Waals surface area contributed by atoms with Crippen molar-refractivity contribution in [3.05, 3.63) is 0 Å². The van der Waals surface area contributed by atoms with Crippen molar-refractivity contribution >= 4 is 11.8 Å². The third-order valence-electron chi connectivity index (χ3n) is 4.23. The Hall–Kier alpha value is -1.14. The van der Waals surface area contributed by atoms with Crippen LogP contribution >= 0.6 is 0 Å². The largest absolute Gasteiger partial charge is 0.316 e. The maximum Gasteiger partial charge on any atom is 0.252 e. The number of hydrazine groups is 1. The van der Waals surface area contributed by atoms with Crippen molar-refractivity contribution in [2.45, 2.75) is 26.3 Å². The fourth-order valence-electron chi connectivity index (χ4n) is 3.14. The molecule has 0 saturated carbocycles. The lowest BCUT2D eigenvalue weighted by Gasteiger charge is -2.35. The van der Waals surface area contributed by atoms with Crippen LogP contribution < -0.4 is 16.2 Å². The molecule has 2 saturated heterocycles. The van der Waals surface area contributed by atoms with Crippen LogP contribution in [-0.2, 0) is 9.59 Å². The summed E-state index contributed by atoms with van der Waals surface area (Å²) in [6.07, 6.45) is 0. The molecule has 2 atom stereocenters. The summed E-state index contributed by atoms with van der Waals surface area (Å²) >= 11 is 0. The molecule has 0 aromatic heterocycles. The van der Waals surface area contributed by atoms with Gasteiger partial charge >= 0.3 is 0 Å². The standard InChI is InChI=1S/C12H22N4O2/c1-8(17)14-15-11(18)7-16-6-9-4-13-5-10(9)12(16,2)3/h9-10,13H,4-7H2,1-3H3,(H,14,17)(H,15,18). The summed E-state index contributed by atoms with van der Waals surface area (Å²) in [5, 5.41) is 3.41. The van der Waals surface area contributed by atoms with Crippen molar-refractivity contribution in [3.63, 3.8) is 0 Å². The zero-order valence-corrected chi connectivity index (χ0v) is 11.2. The van der Waals surface area contributed by atoms with Crippen molar-refractivity contribution in [2.75, 3.05) is 26.2 Å². The van der Waals surface area contributed by atoms with Gasteiger partial charge < -0.3 is 5.32 Å². The quantitative estimate of drug-likeness (QED) is 0.557. The van der Waals surface area contributed by atoms with Crippen LogP contribution in [0.3, 0.4) is 0 Å². The fraction of sp³-hybridized carbons (Fsp3) is 0.833. The number of likely N-dealkylation sites (tertiary alicyclic amines) is 1. The van der Waals surface area contributed by atoms with Gasteiger partial charge in [0, 0.05) is 25.6 Å². The van der Waals surface area contributed by atoms with Crippen molar-refractivity contribution < 1.29 is 9.59 Å². The Morgan fingerprint density at radius 3 is 2.67 bits per heavy atom. The number of nitrogens with zero attached hydrogens (tertiary/aromatic N) is 1. The lowest BCUT2D eigenvalue weighted by atomic mass is 9.85. The van der Waals surface area contributed by atoms with Gasteiger partial charge in [-0.2, -0.15) is 0 Å². The second kappa shape index (κ2) is 4.85. The van der Waals surface area contributed by atoms with Crippen LogP contribution in [0.2, 0.25) is 0 Å². The fourth-order valence-corrected chi connectivity index (χ4v) is 3.14. The third kappa shape index (κ3) is 2.49. The average Bonchev–Trinajstić information content (AvgIpc) is 2.81. The average molecular weight is 254 g/mol. The Kier molecular flexibility index (Phi) is 3.59. The Bertz CT molecular complexity index is 356. The molecule has 102 valence electrons. The number of hydrogen-bond acceptors (Lipinski definition) is 4. The van der Waals surface area contributed by atoms with E-state index in [9.17, 15) is 9.59 Å². The van der Waals surface area contributed by atoms with Gasteiger partial charge in [-0.15, -0.1) is 0 Å². The molecule has 2 heterocycles. The molecule has 0 aliphatic carbocycles. The second-order valence-electron chi connectivity index (χ2n) is 5.79. The van der Waals surface area contributed by atoms with Crippen molar-refractivity contribution in [3.8, 4) is 0 Å². The van der Waals surface area contributed by atoms with Gasteiger partial charge in [0.15, 0.2) is 0 Å². The predicted octanol–water partition coefficient (Wildman–Crippen LogP) is -0.916. The van der Waals surface area contributed by atoms with E-state index in [1.165, 1.54) is 6.92 Å². The summed E-state index contributed by atoms with van der Waals surface area (Å²) in [4.78, 5) is 24.7. The van der Waals surface area contributed by atoms with Crippen LogP contribution in [0, 0.1) is 11.8 Å². The van der Waals surface area contributed by atoms with Crippen LogP contribution in [-0.4, -0.2) is 48.4 Å². The summed E-state index contributed by atoms with van der Waals surface area (Å²) in [6.45, 7) is 9.10. The minimum absolute atomic E-state index is 0.0295. The lowest BCUT2D eigenvalue weighted by Crippen LogP contribution is -2.51. The molecule has 3 N–H and O–H groups in total. The summed E-state index contributed by atoms with van der Waals surface area (Å²) in [5.74, 6) is 0.816. The Morgan fingerprint density at radius 2 is 2.06 bits per heavy atom. The predicted molar refractivity (Wildman–Crippen MR) is 67.5 cm³/mol. The van der Waals surface area contributed by atoms with E-state index in [0.29, 0.717) is 18.4 Å². The molecule has 6 heteroatoms. The maximum absolute atomic E-state index is 11.7. The van der Waals surface area contributed by atoms with E-state index in [2.05, 4.69) is 34.9 Å². The third-order valence-corrected chi connectivity index (χ3v) is 4.23. The van der Waals surface area contributed by atoms with Gasteiger partial charge in [-0.1, -0.05) is 0 Å². The van der Waals surface area contributed by atoms with E-state index >= 15 is 0 Å². The van der Waals surface area contributed by atoms with E-state index < -0.39 is 0 Å². The van der Waals surface area contributed by atoms with Gasteiger partial charge in [0.1, 0.15) is 0 Å². The number of nitrogens with one attached hydrogen (secondary N) is 3. The molecule has 0 bridgehead atoms. The highest BCUT2D eigenvalue weighted by Gasteiger charge is 2.49. The second-order valence-corrected chi connectivity index (χ2v) is 5.79. The monoisotopic (exact) mass is 254 g/mol. The Balaban J connectivity index is 1.90. The highest BCUT2D eigenvalue weighted by molar-refractivity contribution is 5.82. The molecule has 0 aromatic rings. The van der Waals surface area contributed by atoms with Crippen LogP contribution in [0.25, 0.3) is 0 Å². The van der Waals surface area contributed by atoms with Gasteiger partial charge in [-0.3, -0.25) is 25.3 Å². The SMILES string of the molecule is CC(=O)NNC(=O)CN1CC2CNCC2C1(C)C. The zero-order chi connectivity index (χ0) is 13.3. The molecule has 2 aliphatic rings. The van der Waals surface area contributed by atoms with Gasteiger partial charge in [0.05, 0.1) is 6.54 Å². The number of carbonyl (C=O) groups is 2. The summed E-state index contributed by atoms with van der Waals surface area (Å²) in [6, 6.07) is 0. The number of hydrogen-bond donors (Lipinski definition) is 3. The highest BCUT2D eigenvalue weighted by Crippen LogP contribution is 2.40. The van der Waals surface area contributed by atoms with Gasteiger partial charge in [0.25, 0.3) is 5.91 Å². The zero-order valence-electron chi connectivity index (χ0n) is 11.2. The Labute approximate surface area is 107 Å². The number of amides is 2. The lowest BCUT2D eigenvalue weighted by molar-refractivity contribution is -0.129. The normalized spacial score (nSPS) is 29.9. The minimum atomic E-state index is -0.259. The molecule has 0 spiro atoms. The number of carbonyl (C=O) groups excluding carboxylic acids is 2. The smallest absolute Gasteiger partial charge is 0.252 e. The first kappa shape index (κ1) is 13.3. The van der Waals surface area contributed by atoms with Gasteiger partial charge in [0.2, 0.25) is 5.91 Å². The molecule has 2 amide bonds. The number of fused-ring (bicyclic) bond motifs is 1. The molecule has 2 unspecified atom stereocenters. The highest BCUT2D eigenvalue weighted by atomic mass is 16.2. The maximum atomic E-state index is 11.7. The Morgan fingerprint density at radius 1 is 1.33 bits per heavy atom. The molecular weight excluding hydrogens is 232 g/mol. The molecule has 0 radical (unpaired) electrons. The van der Waals surface area contributed by atoms with E-state index in [1.807, 2.05) is 0 Å². The van der Waals surface area contributed by atoms with Crippen LogP contribution in [0.15, 0.2) is 0 Å². The van der Waals surface area contributed by atoms with Crippen molar-refractivity contribution in [2.24, 2.45) is 11.8 Å². The summed E-state index contributed by atoms with van der Waals surface area (Å²) in [7, 11) is 0. The van der Waals surface area contributed by atoms with Gasteiger partial charge in [-0.05, 0) is 32.2 Å². The first-order valence-electron chi connectivity index (χ1n) is 6.42.